The maximum absolute atomic E-state index is 11.8. The number of hydrogen-bond acceptors (Lipinski definition) is 1. The molecular weight excluding hydrogens is 251 g/mol. The Labute approximate surface area is 102 Å². The third-order valence-electron chi connectivity index (χ3n) is 1.73. The van der Waals surface area contributed by atoms with E-state index in [1.165, 1.54) is 12.1 Å². The molecule has 0 bridgehead atoms. The Hall–Kier alpha value is -1.55. The quantitative estimate of drug-likeness (QED) is 0.638. The number of pyridine rings is 1. The van der Waals surface area contributed by atoms with Crippen LogP contribution in [-0.2, 0) is 6.18 Å². The molecule has 0 radical (unpaired) electrons. The summed E-state index contributed by atoms with van der Waals surface area (Å²) in [6, 6.07) is 11.8. The lowest BCUT2D eigenvalue weighted by Gasteiger charge is -2.03. The van der Waals surface area contributed by atoms with Crippen LogP contribution in [0.25, 0.3) is 0 Å². The summed E-state index contributed by atoms with van der Waals surface area (Å²) in [5.41, 5.74) is -0.602. The molecule has 1 nitrogen and oxygen atoms in total. The molecule has 90 valence electrons. The van der Waals surface area contributed by atoms with Crippen LogP contribution in [0.2, 0.25) is 5.15 Å². The molecule has 0 fully saturated rings. The first-order chi connectivity index (χ1) is 8.00. The van der Waals surface area contributed by atoms with Crippen molar-refractivity contribution in [1.82, 2.24) is 4.98 Å². The van der Waals surface area contributed by atoms with Crippen molar-refractivity contribution in [2.24, 2.45) is 0 Å². The summed E-state index contributed by atoms with van der Waals surface area (Å²) in [5, 5.41) is 0.544. The standard InChI is InChI=1S/C7H5F3.C5H4ClN/c8-7(9,10)6-4-2-1-3-5-6;6-5-3-1-2-4-7-5/h1-5H;1-4H. The maximum atomic E-state index is 11.8. The van der Waals surface area contributed by atoms with Gasteiger partial charge < -0.3 is 0 Å². The second-order valence-corrected chi connectivity index (χ2v) is 3.40. The second kappa shape index (κ2) is 6.25. The zero-order chi connectivity index (χ0) is 12.7. The molecule has 0 spiro atoms. The van der Waals surface area contributed by atoms with Crippen molar-refractivity contribution in [3.63, 3.8) is 0 Å². The van der Waals surface area contributed by atoms with E-state index in [1.807, 2.05) is 12.1 Å². The van der Waals surface area contributed by atoms with Crippen LogP contribution in [0.15, 0.2) is 54.7 Å². The summed E-state index contributed by atoms with van der Waals surface area (Å²) in [7, 11) is 0. The lowest BCUT2D eigenvalue weighted by molar-refractivity contribution is -0.137. The molecule has 0 aliphatic rings. The molecule has 0 aliphatic heterocycles. The van der Waals surface area contributed by atoms with E-state index in [1.54, 1.807) is 18.3 Å². The second-order valence-electron chi connectivity index (χ2n) is 3.02. The molecule has 2 aromatic rings. The van der Waals surface area contributed by atoms with Gasteiger partial charge in [-0.3, -0.25) is 0 Å². The van der Waals surface area contributed by atoms with Gasteiger partial charge >= 0.3 is 6.18 Å². The Kier molecular flexibility index (Phi) is 4.97. The number of hydrogen-bond donors (Lipinski definition) is 0. The molecule has 2 rings (SSSR count). The van der Waals surface area contributed by atoms with Crippen molar-refractivity contribution in [2.45, 2.75) is 6.18 Å². The summed E-state index contributed by atoms with van der Waals surface area (Å²) in [5.74, 6) is 0. The summed E-state index contributed by atoms with van der Waals surface area (Å²) >= 11 is 5.43. The summed E-state index contributed by atoms with van der Waals surface area (Å²) in [6.07, 6.45) is -2.55. The minimum atomic E-state index is -4.21. The Morgan fingerprint density at radius 3 is 1.76 bits per heavy atom. The van der Waals surface area contributed by atoms with Gasteiger partial charge in [-0.25, -0.2) is 4.98 Å². The van der Waals surface area contributed by atoms with Crippen molar-refractivity contribution in [1.29, 1.82) is 0 Å². The molecular formula is C12H9ClF3N. The number of nitrogens with zero attached hydrogens (tertiary/aromatic N) is 1. The average Bonchev–Trinajstić information content (AvgIpc) is 2.31. The topological polar surface area (TPSA) is 12.9 Å². The fourth-order valence-electron chi connectivity index (χ4n) is 0.969. The van der Waals surface area contributed by atoms with Crippen LogP contribution in [0.3, 0.4) is 0 Å². The van der Waals surface area contributed by atoms with Gasteiger partial charge in [0.2, 0.25) is 0 Å². The van der Waals surface area contributed by atoms with Crippen LogP contribution >= 0.6 is 11.6 Å². The van der Waals surface area contributed by atoms with Crippen molar-refractivity contribution >= 4 is 11.6 Å². The highest BCUT2D eigenvalue weighted by Gasteiger charge is 2.29. The van der Waals surface area contributed by atoms with Crippen molar-refractivity contribution < 1.29 is 13.2 Å². The van der Waals surface area contributed by atoms with E-state index in [0.717, 1.165) is 12.1 Å². The van der Waals surface area contributed by atoms with Crippen LogP contribution in [0, 0.1) is 0 Å². The van der Waals surface area contributed by atoms with E-state index in [0.29, 0.717) is 5.15 Å². The third kappa shape index (κ3) is 5.36. The minimum absolute atomic E-state index is 0.544. The number of benzene rings is 1. The Morgan fingerprint density at radius 2 is 1.47 bits per heavy atom. The molecule has 0 aliphatic carbocycles. The van der Waals surface area contributed by atoms with Crippen LogP contribution in [0.5, 0.6) is 0 Å². The molecule has 5 heteroatoms. The van der Waals surface area contributed by atoms with Crippen LogP contribution in [0.1, 0.15) is 5.56 Å². The fourth-order valence-corrected chi connectivity index (χ4v) is 1.10. The Bertz CT molecular complexity index is 429. The molecule has 1 aromatic heterocycles. The largest absolute Gasteiger partial charge is 0.416 e. The van der Waals surface area contributed by atoms with E-state index < -0.39 is 11.7 Å². The SMILES string of the molecule is Clc1ccccn1.FC(F)(F)c1ccccc1. The van der Waals surface area contributed by atoms with Gasteiger partial charge in [0.15, 0.2) is 0 Å². The van der Waals surface area contributed by atoms with Crippen molar-refractivity contribution in [3.05, 3.63) is 65.4 Å². The van der Waals surface area contributed by atoms with E-state index in [4.69, 9.17) is 11.6 Å². The van der Waals surface area contributed by atoms with Gasteiger partial charge in [-0.05, 0) is 12.1 Å². The predicted octanol–water partition coefficient (Wildman–Crippen LogP) is 4.44. The van der Waals surface area contributed by atoms with Gasteiger partial charge in [0.1, 0.15) is 5.15 Å². The lowest BCUT2D eigenvalue weighted by atomic mass is 10.2. The average molecular weight is 260 g/mol. The highest BCUT2D eigenvalue weighted by atomic mass is 35.5. The number of aromatic nitrogens is 1. The molecule has 0 atom stereocenters. The zero-order valence-corrected chi connectivity index (χ0v) is 9.41. The van der Waals surface area contributed by atoms with Gasteiger partial charge in [0, 0.05) is 6.20 Å². The summed E-state index contributed by atoms with van der Waals surface area (Å²) in [4.78, 5) is 3.74. The zero-order valence-electron chi connectivity index (χ0n) is 8.66. The van der Waals surface area contributed by atoms with Crippen molar-refractivity contribution in [2.75, 3.05) is 0 Å². The third-order valence-corrected chi connectivity index (χ3v) is 1.95. The summed E-state index contributed by atoms with van der Waals surface area (Å²) < 4.78 is 35.4. The first kappa shape index (κ1) is 13.5. The number of halogens is 4. The summed E-state index contributed by atoms with van der Waals surface area (Å²) in [6.45, 7) is 0. The van der Waals surface area contributed by atoms with Gasteiger partial charge in [0.25, 0.3) is 0 Å². The van der Waals surface area contributed by atoms with E-state index in [9.17, 15) is 13.2 Å². The molecule has 1 heterocycles. The van der Waals surface area contributed by atoms with E-state index in [2.05, 4.69) is 4.98 Å². The molecule has 0 amide bonds. The van der Waals surface area contributed by atoms with Crippen LogP contribution < -0.4 is 0 Å². The van der Waals surface area contributed by atoms with Gasteiger partial charge in [0.05, 0.1) is 5.56 Å². The molecule has 0 N–H and O–H groups in total. The molecule has 0 saturated heterocycles. The first-order valence-electron chi connectivity index (χ1n) is 4.69. The van der Waals surface area contributed by atoms with Crippen LogP contribution in [-0.4, -0.2) is 4.98 Å². The predicted molar refractivity (Wildman–Crippen MR) is 60.7 cm³/mol. The first-order valence-corrected chi connectivity index (χ1v) is 5.07. The number of rotatable bonds is 0. The molecule has 0 saturated carbocycles. The van der Waals surface area contributed by atoms with Crippen molar-refractivity contribution in [3.8, 4) is 0 Å². The van der Waals surface area contributed by atoms with Crippen LogP contribution in [0.4, 0.5) is 13.2 Å². The lowest BCUT2D eigenvalue weighted by Crippen LogP contribution is -2.03. The fraction of sp³-hybridized carbons (Fsp3) is 0.0833. The highest BCUT2D eigenvalue weighted by Crippen LogP contribution is 2.28. The molecule has 0 unspecified atom stereocenters. The van der Waals surface area contributed by atoms with Gasteiger partial charge in [-0.15, -0.1) is 0 Å². The van der Waals surface area contributed by atoms with E-state index >= 15 is 0 Å². The number of alkyl halides is 3. The van der Waals surface area contributed by atoms with Gasteiger partial charge in [-0.1, -0.05) is 48.0 Å². The minimum Gasteiger partial charge on any atom is -0.245 e. The Morgan fingerprint density at radius 1 is 0.882 bits per heavy atom. The monoisotopic (exact) mass is 259 g/mol. The Balaban J connectivity index is 0.000000181. The molecule has 1 aromatic carbocycles. The smallest absolute Gasteiger partial charge is 0.245 e. The van der Waals surface area contributed by atoms with Gasteiger partial charge in [-0.2, -0.15) is 13.2 Å². The maximum Gasteiger partial charge on any atom is 0.416 e. The molecule has 17 heavy (non-hydrogen) atoms. The highest BCUT2D eigenvalue weighted by molar-refractivity contribution is 6.29. The normalized spacial score (nSPS) is 10.4. The van der Waals surface area contributed by atoms with E-state index in [-0.39, 0.29) is 0 Å².